The maximum Gasteiger partial charge on any atom is 0.243 e. The Morgan fingerprint density at radius 1 is 1.35 bits per heavy atom. The number of benzene rings is 1. The third-order valence-corrected chi connectivity index (χ3v) is 6.18. The van der Waals surface area contributed by atoms with E-state index in [0.717, 1.165) is 29.1 Å². The molecule has 1 atom stereocenters. The first kappa shape index (κ1) is 20.3. The normalized spacial score (nSPS) is 13.3. The molecule has 0 spiro atoms. The number of hydrogen-bond donors (Lipinski definition) is 1. The Kier molecular flexibility index (Phi) is 6.71. The second-order valence-electron chi connectivity index (χ2n) is 6.41. The van der Waals surface area contributed by atoms with Crippen molar-refractivity contribution < 1.29 is 13.2 Å². The number of hydrogen-bond acceptors (Lipinski definition) is 5. The molecule has 2 rings (SSSR count). The van der Waals surface area contributed by atoms with E-state index in [9.17, 15) is 13.2 Å². The van der Waals surface area contributed by atoms with Crippen molar-refractivity contribution in [2.45, 2.75) is 51.0 Å². The molecule has 0 bridgehead atoms. The van der Waals surface area contributed by atoms with Gasteiger partial charge in [-0.25, -0.2) is 13.1 Å². The van der Waals surface area contributed by atoms with Gasteiger partial charge in [0.25, 0.3) is 0 Å². The van der Waals surface area contributed by atoms with E-state index in [-0.39, 0.29) is 23.4 Å². The quantitative estimate of drug-likeness (QED) is 0.670. The number of likely N-dealkylation sites (N-methyl/N-ethyl adjacent to an activating group) is 1. The average Bonchev–Trinajstić information content (AvgIpc) is 3.04. The van der Waals surface area contributed by atoms with Crippen LogP contribution in [0.2, 0.25) is 0 Å². The predicted molar refractivity (Wildman–Crippen MR) is 100 cm³/mol. The molecule has 1 unspecified atom stereocenters. The van der Waals surface area contributed by atoms with Crippen LogP contribution < -0.4 is 5.32 Å². The lowest BCUT2D eigenvalue weighted by molar-refractivity contribution is -0.121. The highest BCUT2D eigenvalue weighted by molar-refractivity contribution is 7.89. The minimum atomic E-state index is -3.78. The number of unbranched alkanes of at least 4 members (excludes halogenated alkanes) is 1. The van der Waals surface area contributed by atoms with Gasteiger partial charge in [0.2, 0.25) is 15.9 Å². The summed E-state index contributed by atoms with van der Waals surface area (Å²) in [6.07, 6.45) is 2.73. The zero-order valence-electron chi connectivity index (χ0n) is 15.8. The van der Waals surface area contributed by atoms with Crippen LogP contribution in [-0.4, -0.2) is 53.8 Å². The van der Waals surface area contributed by atoms with Crippen molar-refractivity contribution in [2.75, 3.05) is 20.1 Å². The molecule has 9 heteroatoms. The highest BCUT2D eigenvalue weighted by atomic mass is 32.2. The monoisotopic (exact) mass is 381 g/mol. The van der Waals surface area contributed by atoms with Crippen LogP contribution in [-0.2, 0) is 14.8 Å². The Morgan fingerprint density at radius 3 is 2.73 bits per heavy atom. The van der Waals surface area contributed by atoms with Crippen molar-refractivity contribution in [3.8, 4) is 0 Å². The molecule has 0 aliphatic heterocycles. The van der Waals surface area contributed by atoms with Crippen LogP contribution in [0.15, 0.2) is 23.1 Å². The topological polar surface area (TPSA) is 97.2 Å². The minimum absolute atomic E-state index is 0.102. The Morgan fingerprint density at radius 2 is 2.08 bits per heavy atom. The van der Waals surface area contributed by atoms with Crippen molar-refractivity contribution in [1.82, 2.24) is 24.6 Å². The fraction of sp³-hybridized carbons (Fsp3) is 0.588. The molecule has 1 aromatic heterocycles. The van der Waals surface area contributed by atoms with E-state index in [0.29, 0.717) is 12.1 Å². The molecule has 26 heavy (non-hydrogen) atoms. The summed E-state index contributed by atoms with van der Waals surface area (Å²) >= 11 is 0. The molecule has 0 fully saturated rings. The van der Waals surface area contributed by atoms with Gasteiger partial charge in [-0.05, 0) is 38.0 Å². The number of nitrogens with zero attached hydrogens (tertiary/aromatic N) is 4. The van der Waals surface area contributed by atoms with Crippen LogP contribution in [0.25, 0.3) is 11.0 Å². The fourth-order valence-corrected chi connectivity index (χ4v) is 3.66. The first-order valence-electron chi connectivity index (χ1n) is 8.89. The molecule has 0 radical (unpaired) electrons. The lowest BCUT2D eigenvalue weighted by atomic mass is 10.2. The largest absolute Gasteiger partial charge is 0.355 e. The van der Waals surface area contributed by atoms with Crippen LogP contribution >= 0.6 is 0 Å². The van der Waals surface area contributed by atoms with E-state index >= 15 is 0 Å². The molecule has 144 valence electrons. The average molecular weight is 382 g/mol. The number of carbonyl (C=O) groups is 1. The highest BCUT2D eigenvalue weighted by Gasteiger charge is 2.24. The van der Waals surface area contributed by atoms with E-state index in [1.165, 1.54) is 19.2 Å². The van der Waals surface area contributed by atoms with E-state index in [1.807, 2.05) is 13.8 Å². The predicted octanol–water partition coefficient (Wildman–Crippen LogP) is 1.94. The van der Waals surface area contributed by atoms with Crippen molar-refractivity contribution >= 4 is 27.0 Å². The second-order valence-corrected chi connectivity index (χ2v) is 8.45. The molecular weight excluding hydrogens is 354 g/mol. The van der Waals surface area contributed by atoms with Crippen molar-refractivity contribution in [3.63, 3.8) is 0 Å². The summed E-state index contributed by atoms with van der Waals surface area (Å²) in [6, 6.07) is 4.92. The van der Waals surface area contributed by atoms with Gasteiger partial charge in [0, 0.05) is 13.6 Å². The number of fused-ring (bicyclic) bond motifs is 1. The third kappa shape index (κ3) is 4.39. The van der Waals surface area contributed by atoms with Gasteiger partial charge in [0.1, 0.15) is 5.52 Å². The molecule has 0 aliphatic rings. The summed E-state index contributed by atoms with van der Waals surface area (Å²) in [5.41, 5.74) is 1.31. The lowest BCUT2D eigenvalue weighted by Crippen LogP contribution is -2.38. The standard InChI is InChI=1S/C17H27N5O3S/c1-5-7-10-18-17(23)12-21(4)26(24,25)14-8-9-16-15(11-14)19-20-22(16)13(3)6-2/h8-9,11,13H,5-7,10,12H2,1-4H3,(H,18,23). The van der Waals surface area contributed by atoms with E-state index in [2.05, 4.69) is 22.6 Å². The van der Waals surface area contributed by atoms with E-state index in [4.69, 9.17) is 0 Å². The lowest BCUT2D eigenvalue weighted by Gasteiger charge is -2.17. The molecule has 0 saturated carbocycles. The van der Waals surface area contributed by atoms with Crippen LogP contribution in [0.3, 0.4) is 0 Å². The first-order chi connectivity index (χ1) is 12.3. The van der Waals surface area contributed by atoms with Crippen LogP contribution in [0.4, 0.5) is 0 Å². The molecule has 1 aromatic carbocycles. The molecule has 1 amide bonds. The summed E-state index contributed by atoms with van der Waals surface area (Å²) in [5.74, 6) is -0.312. The molecule has 1 N–H and O–H groups in total. The van der Waals surface area contributed by atoms with E-state index < -0.39 is 10.0 Å². The van der Waals surface area contributed by atoms with Gasteiger partial charge in [-0.2, -0.15) is 4.31 Å². The van der Waals surface area contributed by atoms with Gasteiger partial charge in [-0.3, -0.25) is 4.79 Å². The maximum atomic E-state index is 12.7. The van der Waals surface area contributed by atoms with Gasteiger partial charge in [0.05, 0.1) is 23.0 Å². The molecule has 0 saturated heterocycles. The molecular formula is C17H27N5O3S. The smallest absolute Gasteiger partial charge is 0.243 e. The molecule has 0 aliphatic carbocycles. The summed E-state index contributed by atoms with van der Waals surface area (Å²) in [7, 11) is -2.38. The van der Waals surface area contributed by atoms with Crippen molar-refractivity contribution in [3.05, 3.63) is 18.2 Å². The van der Waals surface area contributed by atoms with Crippen LogP contribution in [0.5, 0.6) is 0 Å². The Hall–Kier alpha value is -2.00. The second kappa shape index (κ2) is 8.59. The number of carbonyl (C=O) groups excluding carboxylic acids is 1. The van der Waals surface area contributed by atoms with Gasteiger partial charge in [-0.1, -0.05) is 25.5 Å². The maximum absolute atomic E-state index is 12.7. The SMILES string of the molecule is CCCCNC(=O)CN(C)S(=O)(=O)c1ccc2c(c1)nnn2C(C)CC. The molecule has 8 nitrogen and oxygen atoms in total. The fourth-order valence-electron chi connectivity index (χ4n) is 2.51. The van der Waals surface area contributed by atoms with Gasteiger partial charge < -0.3 is 5.32 Å². The Labute approximate surface area is 154 Å². The van der Waals surface area contributed by atoms with E-state index in [1.54, 1.807) is 10.7 Å². The van der Waals surface area contributed by atoms with Gasteiger partial charge in [0.15, 0.2) is 0 Å². The zero-order valence-corrected chi connectivity index (χ0v) is 16.6. The number of rotatable bonds is 9. The van der Waals surface area contributed by atoms with Crippen LogP contribution in [0, 0.1) is 0 Å². The summed E-state index contributed by atoms with van der Waals surface area (Å²) in [4.78, 5) is 12.0. The third-order valence-electron chi connectivity index (χ3n) is 4.38. The van der Waals surface area contributed by atoms with Crippen LogP contribution in [0.1, 0.15) is 46.1 Å². The van der Waals surface area contributed by atoms with Crippen molar-refractivity contribution in [1.29, 1.82) is 0 Å². The highest BCUT2D eigenvalue weighted by Crippen LogP contribution is 2.22. The zero-order chi connectivity index (χ0) is 19.3. The molecule has 2 aromatic rings. The summed E-state index contributed by atoms with van der Waals surface area (Å²) in [6.45, 7) is 6.44. The Bertz CT molecular complexity index is 862. The van der Waals surface area contributed by atoms with Gasteiger partial charge in [-0.15, -0.1) is 5.10 Å². The Balaban J connectivity index is 2.19. The van der Waals surface area contributed by atoms with Gasteiger partial charge >= 0.3 is 0 Å². The number of nitrogens with one attached hydrogen (secondary N) is 1. The number of amides is 1. The minimum Gasteiger partial charge on any atom is -0.355 e. The number of sulfonamides is 1. The first-order valence-corrected chi connectivity index (χ1v) is 10.3. The van der Waals surface area contributed by atoms with Crippen molar-refractivity contribution in [2.24, 2.45) is 0 Å². The summed E-state index contributed by atoms with van der Waals surface area (Å²) < 4.78 is 28.3. The summed E-state index contributed by atoms with van der Waals surface area (Å²) in [5, 5.41) is 10.9. The number of aromatic nitrogens is 3. The molecule has 1 heterocycles.